The summed E-state index contributed by atoms with van der Waals surface area (Å²) in [6, 6.07) is 8.83. The zero-order valence-corrected chi connectivity index (χ0v) is 21.4. The molecule has 1 aromatic heterocycles. The van der Waals surface area contributed by atoms with E-state index in [0.29, 0.717) is 61.9 Å². The maximum absolute atomic E-state index is 14.7. The molecular weight excluding hydrogens is 494 g/mol. The van der Waals surface area contributed by atoms with Gasteiger partial charge < -0.3 is 19.0 Å². The summed E-state index contributed by atoms with van der Waals surface area (Å²) < 4.78 is 47.2. The standard InChI is InChI=1S/C29H30F2N2O5/c1-16-32-24-14-33(10-9-26(24)37-16)13-22-20-6-8-25(21(20)5-7-23(22)29(2,30)31)38-18-3-4-19-17(11-28(34)35)15-36-27(19)12-18/h3-5,7,12,17,25H,6,8-11,13-15H2,1-2H3,(H,34,35)/t17-,25-/m1/s1. The van der Waals surface area contributed by atoms with E-state index in [1.54, 1.807) is 18.2 Å². The Morgan fingerprint density at radius 3 is 2.84 bits per heavy atom. The molecule has 0 fully saturated rings. The maximum Gasteiger partial charge on any atom is 0.304 e. The van der Waals surface area contributed by atoms with Gasteiger partial charge in [0.2, 0.25) is 0 Å². The number of hydrogen-bond acceptors (Lipinski definition) is 6. The first-order valence-corrected chi connectivity index (χ1v) is 13.0. The Morgan fingerprint density at radius 2 is 2.05 bits per heavy atom. The van der Waals surface area contributed by atoms with Crippen LogP contribution in [0.15, 0.2) is 34.7 Å². The second kappa shape index (κ2) is 9.38. The van der Waals surface area contributed by atoms with Crippen molar-refractivity contribution in [1.29, 1.82) is 0 Å². The lowest BCUT2D eigenvalue weighted by atomic mass is 9.93. The molecule has 0 amide bonds. The SMILES string of the molecule is Cc1nc2c(o1)CCN(Cc1c(C(C)(F)F)ccc3c1CC[C@H]3Oc1ccc3c(c1)OC[C@H]3CC(=O)O)C2. The van der Waals surface area contributed by atoms with E-state index in [0.717, 1.165) is 41.6 Å². The molecular formula is C29H30F2N2O5. The fraction of sp³-hybridized carbons (Fsp3) is 0.448. The second-order valence-corrected chi connectivity index (χ2v) is 10.6. The van der Waals surface area contributed by atoms with Gasteiger partial charge in [-0.2, -0.15) is 0 Å². The molecule has 1 aliphatic carbocycles. The number of carboxylic acids is 1. The van der Waals surface area contributed by atoms with Crippen molar-refractivity contribution in [2.24, 2.45) is 0 Å². The number of aryl methyl sites for hydroxylation is 1. The number of fused-ring (bicyclic) bond motifs is 3. The molecule has 0 saturated carbocycles. The van der Waals surface area contributed by atoms with Crippen LogP contribution < -0.4 is 9.47 Å². The van der Waals surface area contributed by atoms with Crippen molar-refractivity contribution in [2.45, 2.75) is 70.6 Å². The van der Waals surface area contributed by atoms with Crippen LogP contribution in [0.2, 0.25) is 0 Å². The van der Waals surface area contributed by atoms with Crippen LogP contribution in [0.4, 0.5) is 8.78 Å². The fourth-order valence-electron chi connectivity index (χ4n) is 6.07. The van der Waals surface area contributed by atoms with Crippen LogP contribution in [-0.4, -0.2) is 34.1 Å². The number of carbonyl (C=O) groups is 1. The van der Waals surface area contributed by atoms with E-state index >= 15 is 0 Å². The van der Waals surface area contributed by atoms with Gasteiger partial charge in [-0.05, 0) is 35.6 Å². The predicted molar refractivity (Wildman–Crippen MR) is 134 cm³/mol. The molecule has 200 valence electrons. The third kappa shape index (κ3) is 4.64. The van der Waals surface area contributed by atoms with Gasteiger partial charge in [-0.25, -0.2) is 13.8 Å². The van der Waals surface area contributed by atoms with E-state index in [1.165, 1.54) is 0 Å². The average molecular weight is 525 g/mol. The third-order valence-corrected chi connectivity index (χ3v) is 7.80. The summed E-state index contributed by atoms with van der Waals surface area (Å²) in [5, 5.41) is 9.14. The molecule has 6 rings (SSSR count). The molecule has 3 aliphatic rings. The molecule has 1 N–H and O–H groups in total. The molecule has 7 nitrogen and oxygen atoms in total. The number of benzene rings is 2. The summed E-state index contributed by atoms with van der Waals surface area (Å²) in [5.41, 5.74) is 4.38. The Hall–Kier alpha value is -3.46. The lowest BCUT2D eigenvalue weighted by Gasteiger charge is -2.28. The van der Waals surface area contributed by atoms with Crippen LogP contribution in [0.3, 0.4) is 0 Å². The number of alkyl halides is 2. The second-order valence-electron chi connectivity index (χ2n) is 10.6. The number of halogens is 2. The van der Waals surface area contributed by atoms with Crippen molar-refractivity contribution >= 4 is 5.97 Å². The Labute approximate surface area is 219 Å². The number of carboxylic acid groups (broad SMARTS) is 1. The molecule has 3 aromatic rings. The highest BCUT2D eigenvalue weighted by Crippen LogP contribution is 2.44. The average Bonchev–Trinajstić information content (AvgIpc) is 3.54. The molecule has 0 unspecified atom stereocenters. The predicted octanol–water partition coefficient (Wildman–Crippen LogP) is 5.67. The lowest BCUT2D eigenvalue weighted by molar-refractivity contribution is -0.137. The highest BCUT2D eigenvalue weighted by molar-refractivity contribution is 5.68. The number of nitrogens with zero attached hydrogens (tertiary/aromatic N) is 2. The molecule has 0 saturated heterocycles. The molecule has 0 spiro atoms. The van der Waals surface area contributed by atoms with E-state index in [-0.39, 0.29) is 24.0 Å². The molecule has 38 heavy (non-hydrogen) atoms. The van der Waals surface area contributed by atoms with Crippen LogP contribution in [0, 0.1) is 6.92 Å². The largest absolute Gasteiger partial charge is 0.492 e. The van der Waals surface area contributed by atoms with Crippen molar-refractivity contribution in [3.63, 3.8) is 0 Å². The maximum atomic E-state index is 14.7. The summed E-state index contributed by atoms with van der Waals surface area (Å²) in [7, 11) is 0. The lowest BCUT2D eigenvalue weighted by Crippen LogP contribution is -2.31. The summed E-state index contributed by atoms with van der Waals surface area (Å²) in [4.78, 5) is 17.8. The van der Waals surface area contributed by atoms with Gasteiger partial charge in [0.25, 0.3) is 5.92 Å². The molecule has 0 bridgehead atoms. The zero-order chi connectivity index (χ0) is 26.6. The Bertz CT molecular complexity index is 1400. The number of rotatable bonds is 7. The van der Waals surface area contributed by atoms with E-state index in [4.69, 9.17) is 19.0 Å². The number of aliphatic carboxylic acids is 1. The van der Waals surface area contributed by atoms with Gasteiger partial charge in [0, 0.05) is 63.0 Å². The minimum Gasteiger partial charge on any atom is -0.492 e. The molecule has 2 aliphatic heterocycles. The topological polar surface area (TPSA) is 85.0 Å². The Morgan fingerprint density at radius 1 is 1.24 bits per heavy atom. The Balaban J connectivity index is 1.25. The van der Waals surface area contributed by atoms with E-state index in [9.17, 15) is 13.6 Å². The van der Waals surface area contributed by atoms with Gasteiger partial charge in [-0.1, -0.05) is 18.2 Å². The van der Waals surface area contributed by atoms with E-state index in [2.05, 4.69) is 9.88 Å². The van der Waals surface area contributed by atoms with Crippen molar-refractivity contribution < 1.29 is 32.6 Å². The van der Waals surface area contributed by atoms with Crippen molar-refractivity contribution in [1.82, 2.24) is 9.88 Å². The summed E-state index contributed by atoms with van der Waals surface area (Å²) in [6.07, 6.45) is 1.81. The molecule has 3 heterocycles. The van der Waals surface area contributed by atoms with Crippen LogP contribution >= 0.6 is 0 Å². The van der Waals surface area contributed by atoms with Gasteiger partial charge in [-0.15, -0.1) is 0 Å². The normalized spacial score (nSPS) is 20.5. The first-order chi connectivity index (χ1) is 18.2. The summed E-state index contributed by atoms with van der Waals surface area (Å²) >= 11 is 0. The summed E-state index contributed by atoms with van der Waals surface area (Å²) in [6.45, 7) is 4.82. The number of ether oxygens (including phenoxy) is 2. The quantitative estimate of drug-likeness (QED) is 0.426. The van der Waals surface area contributed by atoms with Gasteiger partial charge in [0.05, 0.1) is 18.7 Å². The van der Waals surface area contributed by atoms with Crippen molar-refractivity contribution in [3.8, 4) is 11.5 Å². The molecule has 9 heteroatoms. The first kappa shape index (κ1) is 24.9. The van der Waals surface area contributed by atoms with Crippen LogP contribution in [0.25, 0.3) is 0 Å². The number of oxazole rings is 1. The third-order valence-electron chi connectivity index (χ3n) is 7.80. The van der Waals surface area contributed by atoms with Gasteiger partial charge >= 0.3 is 5.97 Å². The number of hydrogen-bond donors (Lipinski definition) is 1. The zero-order valence-electron chi connectivity index (χ0n) is 21.4. The van der Waals surface area contributed by atoms with Crippen molar-refractivity contribution in [3.05, 3.63) is 75.5 Å². The molecule has 0 radical (unpaired) electrons. The van der Waals surface area contributed by atoms with Gasteiger partial charge in [-0.3, -0.25) is 9.69 Å². The highest BCUT2D eigenvalue weighted by atomic mass is 19.3. The number of aromatic nitrogens is 1. The minimum atomic E-state index is -2.96. The van der Waals surface area contributed by atoms with Crippen LogP contribution in [0.1, 0.15) is 76.9 Å². The van der Waals surface area contributed by atoms with Gasteiger partial charge in [0.15, 0.2) is 5.89 Å². The van der Waals surface area contributed by atoms with Crippen molar-refractivity contribution in [2.75, 3.05) is 13.2 Å². The molecule has 2 atom stereocenters. The highest BCUT2D eigenvalue weighted by Gasteiger charge is 2.36. The van der Waals surface area contributed by atoms with Crippen LogP contribution in [0.5, 0.6) is 11.5 Å². The van der Waals surface area contributed by atoms with Crippen LogP contribution in [-0.2, 0) is 36.6 Å². The molecule has 2 aromatic carbocycles. The van der Waals surface area contributed by atoms with E-state index in [1.807, 2.05) is 19.1 Å². The smallest absolute Gasteiger partial charge is 0.304 e. The fourth-order valence-corrected chi connectivity index (χ4v) is 6.07. The minimum absolute atomic E-state index is 0.0188. The van der Waals surface area contributed by atoms with Gasteiger partial charge in [0.1, 0.15) is 23.4 Å². The monoisotopic (exact) mass is 524 g/mol. The Kier molecular flexibility index (Phi) is 6.13. The van der Waals surface area contributed by atoms with E-state index < -0.39 is 11.9 Å². The summed E-state index contributed by atoms with van der Waals surface area (Å²) in [5.74, 6) is -1.21. The first-order valence-electron chi connectivity index (χ1n) is 13.0.